The van der Waals surface area contributed by atoms with Crippen LogP contribution in [0.1, 0.15) is 26.2 Å². The Hall–Kier alpha value is -1.70. The topological polar surface area (TPSA) is 78.4 Å². The largest absolute Gasteiger partial charge is 0.481 e. The van der Waals surface area contributed by atoms with Gasteiger partial charge in [-0.3, -0.25) is 4.79 Å². The van der Waals surface area contributed by atoms with Crippen molar-refractivity contribution >= 4 is 12.0 Å². The summed E-state index contributed by atoms with van der Waals surface area (Å²) in [5.41, 5.74) is 0. The molecule has 0 aromatic rings. The lowest BCUT2D eigenvalue weighted by molar-refractivity contribution is -0.144. The summed E-state index contributed by atoms with van der Waals surface area (Å²) in [6.07, 6.45) is 8.05. The van der Waals surface area contributed by atoms with Gasteiger partial charge in [0.15, 0.2) is 0 Å². The van der Waals surface area contributed by atoms with Gasteiger partial charge in [-0.2, -0.15) is 0 Å². The lowest BCUT2D eigenvalue weighted by Crippen LogP contribution is -2.51. The number of amides is 2. The molecule has 0 heterocycles. The van der Waals surface area contributed by atoms with Crippen LogP contribution >= 0.6 is 0 Å². The molecule has 2 bridgehead atoms. The minimum Gasteiger partial charge on any atom is -0.481 e. The van der Waals surface area contributed by atoms with Crippen LogP contribution in [0.4, 0.5) is 4.79 Å². The first-order valence-corrected chi connectivity index (χ1v) is 6.29. The van der Waals surface area contributed by atoms with Gasteiger partial charge in [0.1, 0.15) is 0 Å². The number of fused-ring (bicyclic) bond motifs is 2. The first-order valence-electron chi connectivity index (χ1n) is 6.29. The second-order valence-corrected chi connectivity index (χ2v) is 5.23. The number of carboxylic acid groups (broad SMARTS) is 1. The van der Waals surface area contributed by atoms with Crippen molar-refractivity contribution in [3.8, 4) is 12.3 Å². The van der Waals surface area contributed by atoms with E-state index < -0.39 is 11.9 Å². The van der Waals surface area contributed by atoms with E-state index in [2.05, 4.69) is 16.6 Å². The Morgan fingerprint density at radius 3 is 2.67 bits per heavy atom. The Balaban J connectivity index is 1.98. The number of urea groups is 1. The molecule has 2 rings (SSSR count). The fourth-order valence-electron chi connectivity index (χ4n) is 3.29. The predicted octanol–water partition coefficient (Wildman–Crippen LogP) is 0.807. The molecular formula is C13H18N2O3. The first kappa shape index (κ1) is 12.7. The zero-order valence-corrected chi connectivity index (χ0v) is 10.3. The third-order valence-electron chi connectivity index (χ3n) is 4.10. The summed E-state index contributed by atoms with van der Waals surface area (Å²) < 4.78 is 0. The SMILES string of the molecule is C#CC(C)NC(=O)NC1C2CCC(C2)C1C(=O)O. The van der Waals surface area contributed by atoms with Crippen molar-refractivity contribution in [2.45, 2.75) is 38.3 Å². The Kier molecular flexibility index (Phi) is 3.46. The number of carbonyl (C=O) groups excluding carboxylic acids is 1. The van der Waals surface area contributed by atoms with E-state index in [9.17, 15) is 14.7 Å². The third-order valence-corrected chi connectivity index (χ3v) is 4.10. The van der Waals surface area contributed by atoms with Crippen molar-refractivity contribution in [1.82, 2.24) is 10.6 Å². The maximum absolute atomic E-state index is 11.7. The molecule has 2 saturated carbocycles. The quantitative estimate of drug-likeness (QED) is 0.648. The van der Waals surface area contributed by atoms with Crippen LogP contribution in [0.15, 0.2) is 0 Å². The summed E-state index contributed by atoms with van der Waals surface area (Å²) in [5.74, 6) is 1.65. The highest BCUT2D eigenvalue weighted by molar-refractivity contribution is 5.78. The van der Waals surface area contributed by atoms with E-state index in [-0.39, 0.29) is 24.0 Å². The summed E-state index contributed by atoms with van der Waals surface area (Å²) in [4.78, 5) is 23.0. The zero-order valence-electron chi connectivity index (χ0n) is 10.3. The van der Waals surface area contributed by atoms with E-state index in [1.54, 1.807) is 6.92 Å². The number of carboxylic acids is 1. The molecular weight excluding hydrogens is 232 g/mol. The minimum absolute atomic E-state index is 0.211. The highest BCUT2D eigenvalue weighted by Gasteiger charge is 2.51. The fraction of sp³-hybridized carbons (Fsp3) is 0.692. The van der Waals surface area contributed by atoms with Gasteiger partial charge in [-0.05, 0) is 38.0 Å². The van der Waals surface area contributed by atoms with E-state index in [1.165, 1.54) is 0 Å². The number of hydrogen-bond donors (Lipinski definition) is 3. The van der Waals surface area contributed by atoms with Crippen molar-refractivity contribution in [2.24, 2.45) is 17.8 Å². The van der Waals surface area contributed by atoms with E-state index in [1.807, 2.05) is 0 Å². The molecule has 2 fully saturated rings. The van der Waals surface area contributed by atoms with Gasteiger partial charge in [-0.25, -0.2) is 4.79 Å². The molecule has 2 aliphatic carbocycles. The molecule has 5 heteroatoms. The standard InChI is InChI=1S/C13H18N2O3/c1-3-7(2)14-13(18)15-11-9-5-4-8(6-9)10(11)12(16)17/h1,7-11H,4-6H2,2H3,(H,16,17)(H2,14,15,18). The predicted molar refractivity (Wildman–Crippen MR) is 65.7 cm³/mol. The van der Waals surface area contributed by atoms with Crippen LogP contribution in [-0.4, -0.2) is 29.2 Å². The molecule has 0 radical (unpaired) electrons. The number of terminal acetylenes is 1. The Labute approximate surface area is 106 Å². The van der Waals surface area contributed by atoms with E-state index in [4.69, 9.17) is 6.42 Å². The highest BCUT2D eigenvalue weighted by Crippen LogP contribution is 2.48. The van der Waals surface area contributed by atoms with Crippen molar-refractivity contribution in [3.05, 3.63) is 0 Å². The van der Waals surface area contributed by atoms with Crippen LogP contribution in [0.25, 0.3) is 0 Å². The minimum atomic E-state index is -0.808. The Bertz CT molecular complexity index is 402. The molecule has 0 spiro atoms. The molecule has 2 amide bonds. The van der Waals surface area contributed by atoms with Gasteiger partial charge in [-0.1, -0.05) is 5.92 Å². The molecule has 3 N–H and O–H groups in total. The average molecular weight is 250 g/mol. The van der Waals surface area contributed by atoms with Crippen LogP contribution < -0.4 is 10.6 Å². The first-order chi connectivity index (χ1) is 8.52. The van der Waals surface area contributed by atoms with Crippen LogP contribution in [0.3, 0.4) is 0 Å². The molecule has 5 unspecified atom stereocenters. The number of carbonyl (C=O) groups is 2. The number of nitrogens with one attached hydrogen (secondary N) is 2. The van der Waals surface area contributed by atoms with Crippen LogP contribution in [0.2, 0.25) is 0 Å². The molecule has 0 aromatic heterocycles. The van der Waals surface area contributed by atoms with Crippen LogP contribution in [0, 0.1) is 30.1 Å². The maximum atomic E-state index is 11.7. The molecule has 0 saturated heterocycles. The fourth-order valence-corrected chi connectivity index (χ4v) is 3.29. The van der Waals surface area contributed by atoms with Gasteiger partial charge in [0.25, 0.3) is 0 Å². The van der Waals surface area contributed by atoms with Crippen molar-refractivity contribution in [1.29, 1.82) is 0 Å². The lowest BCUT2D eigenvalue weighted by atomic mass is 9.84. The van der Waals surface area contributed by atoms with Crippen molar-refractivity contribution in [3.63, 3.8) is 0 Å². The normalized spacial score (nSPS) is 34.7. The van der Waals surface area contributed by atoms with Gasteiger partial charge >= 0.3 is 12.0 Å². The van der Waals surface area contributed by atoms with Gasteiger partial charge < -0.3 is 15.7 Å². The molecule has 98 valence electrons. The highest BCUT2D eigenvalue weighted by atomic mass is 16.4. The Morgan fingerprint density at radius 2 is 2.06 bits per heavy atom. The zero-order chi connectivity index (χ0) is 13.3. The second-order valence-electron chi connectivity index (χ2n) is 5.23. The van der Waals surface area contributed by atoms with Gasteiger partial charge in [-0.15, -0.1) is 6.42 Å². The van der Waals surface area contributed by atoms with Gasteiger partial charge in [0.2, 0.25) is 0 Å². The summed E-state index contributed by atoms with van der Waals surface area (Å²) in [6, 6.07) is -0.984. The second kappa shape index (κ2) is 4.89. The summed E-state index contributed by atoms with van der Waals surface area (Å²) in [7, 11) is 0. The molecule has 2 aliphatic rings. The summed E-state index contributed by atoms with van der Waals surface area (Å²) >= 11 is 0. The smallest absolute Gasteiger partial charge is 0.316 e. The third kappa shape index (κ3) is 2.28. The van der Waals surface area contributed by atoms with E-state index in [0.29, 0.717) is 5.92 Å². The summed E-state index contributed by atoms with van der Waals surface area (Å²) in [5, 5.41) is 14.6. The molecule has 5 nitrogen and oxygen atoms in total. The Morgan fingerprint density at radius 1 is 1.39 bits per heavy atom. The van der Waals surface area contributed by atoms with Gasteiger partial charge in [0, 0.05) is 6.04 Å². The maximum Gasteiger partial charge on any atom is 0.316 e. The number of rotatable bonds is 3. The summed E-state index contributed by atoms with van der Waals surface area (Å²) in [6.45, 7) is 1.70. The van der Waals surface area contributed by atoms with E-state index in [0.717, 1.165) is 19.3 Å². The monoisotopic (exact) mass is 250 g/mol. The average Bonchev–Trinajstić information content (AvgIpc) is 2.88. The number of hydrogen-bond acceptors (Lipinski definition) is 2. The molecule has 18 heavy (non-hydrogen) atoms. The van der Waals surface area contributed by atoms with Crippen molar-refractivity contribution < 1.29 is 14.7 Å². The number of aliphatic carboxylic acids is 1. The molecule has 0 aromatic carbocycles. The van der Waals surface area contributed by atoms with E-state index >= 15 is 0 Å². The molecule has 0 aliphatic heterocycles. The van der Waals surface area contributed by atoms with Crippen LogP contribution in [0.5, 0.6) is 0 Å². The lowest BCUT2D eigenvalue weighted by Gasteiger charge is -2.29. The van der Waals surface area contributed by atoms with Crippen molar-refractivity contribution in [2.75, 3.05) is 0 Å². The van der Waals surface area contributed by atoms with Crippen LogP contribution in [-0.2, 0) is 4.79 Å². The van der Waals surface area contributed by atoms with Gasteiger partial charge in [0.05, 0.1) is 12.0 Å². The molecule has 5 atom stereocenters.